The van der Waals surface area contributed by atoms with Crippen LogP contribution in [-0.4, -0.2) is 31.8 Å². The van der Waals surface area contributed by atoms with Gasteiger partial charge in [-0.05, 0) is 37.8 Å². The molecule has 104 valence electrons. The smallest absolute Gasteiger partial charge is 0.142 e. The molecule has 1 aliphatic carbocycles. The third-order valence-electron chi connectivity index (χ3n) is 4.11. The highest BCUT2D eigenvalue weighted by Gasteiger charge is 2.26. The molecule has 1 atom stereocenters. The summed E-state index contributed by atoms with van der Waals surface area (Å²) in [4.78, 5) is 2.54. The number of benzene rings is 1. The summed E-state index contributed by atoms with van der Waals surface area (Å²) in [5.41, 5.74) is 1.27. The van der Waals surface area contributed by atoms with Crippen LogP contribution in [0.1, 0.15) is 32.6 Å². The summed E-state index contributed by atoms with van der Waals surface area (Å²) in [5.74, 6) is 1.05. The Hall–Kier alpha value is -1.22. The van der Waals surface area contributed by atoms with Gasteiger partial charge in [-0.3, -0.25) is 0 Å². The predicted molar refractivity (Wildman–Crippen MR) is 79.0 cm³/mol. The van der Waals surface area contributed by atoms with E-state index in [4.69, 9.17) is 4.74 Å². The van der Waals surface area contributed by atoms with Gasteiger partial charge in [0.1, 0.15) is 5.75 Å². The molecule has 1 N–H and O–H groups in total. The SMILES string of the molecule is CCC(CNC1CC1)N1CCCOc2ccccc21. The van der Waals surface area contributed by atoms with Gasteiger partial charge in [0, 0.05) is 25.2 Å². The van der Waals surface area contributed by atoms with E-state index in [1.165, 1.54) is 24.9 Å². The molecule has 3 rings (SSSR count). The highest BCUT2D eigenvalue weighted by Crippen LogP contribution is 2.32. The number of para-hydroxylation sites is 2. The largest absolute Gasteiger partial charge is 0.491 e. The molecule has 1 aromatic rings. The molecule has 0 aromatic heterocycles. The first-order chi connectivity index (χ1) is 9.38. The summed E-state index contributed by atoms with van der Waals surface area (Å²) < 4.78 is 5.85. The summed E-state index contributed by atoms with van der Waals surface area (Å²) in [7, 11) is 0. The zero-order chi connectivity index (χ0) is 13.1. The maximum absolute atomic E-state index is 5.85. The maximum atomic E-state index is 5.85. The number of rotatable bonds is 5. The van der Waals surface area contributed by atoms with E-state index in [9.17, 15) is 0 Å². The second-order valence-electron chi connectivity index (χ2n) is 5.61. The van der Waals surface area contributed by atoms with Crippen molar-refractivity contribution in [2.75, 3.05) is 24.6 Å². The van der Waals surface area contributed by atoms with Crippen LogP contribution < -0.4 is 15.0 Å². The second kappa shape index (κ2) is 5.83. The molecule has 19 heavy (non-hydrogen) atoms. The molecule has 1 aliphatic heterocycles. The average Bonchev–Trinajstić information content (AvgIpc) is 3.26. The van der Waals surface area contributed by atoms with Crippen molar-refractivity contribution < 1.29 is 4.74 Å². The van der Waals surface area contributed by atoms with Gasteiger partial charge in [0.05, 0.1) is 12.3 Å². The lowest BCUT2D eigenvalue weighted by atomic mass is 10.1. The fourth-order valence-electron chi connectivity index (χ4n) is 2.80. The van der Waals surface area contributed by atoms with E-state index in [0.29, 0.717) is 6.04 Å². The molecule has 1 saturated carbocycles. The topological polar surface area (TPSA) is 24.5 Å². The molecule has 1 heterocycles. The van der Waals surface area contributed by atoms with E-state index in [0.717, 1.165) is 37.9 Å². The summed E-state index contributed by atoms with van der Waals surface area (Å²) in [6.45, 7) is 5.31. The molecule has 3 nitrogen and oxygen atoms in total. The van der Waals surface area contributed by atoms with Crippen molar-refractivity contribution in [3.8, 4) is 5.75 Å². The minimum atomic E-state index is 0.573. The predicted octanol–water partition coefficient (Wildman–Crippen LogP) is 2.81. The van der Waals surface area contributed by atoms with Crippen LogP contribution in [0.2, 0.25) is 0 Å². The van der Waals surface area contributed by atoms with Gasteiger partial charge in [-0.2, -0.15) is 0 Å². The van der Waals surface area contributed by atoms with Crippen molar-refractivity contribution in [1.29, 1.82) is 0 Å². The van der Waals surface area contributed by atoms with E-state index in [1.54, 1.807) is 0 Å². The molecule has 0 saturated heterocycles. The van der Waals surface area contributed by atoms with Gasteiger partial charge in [-0.25, -0.2) is 0 Å². The Bertz CT molecular complexity index is 417. The fourth-order valence-corrected chi connectivity index (χ4v) is 2.80. The number of ether oxygens (including phenoxy) is 1. The lowest BCUT2D eigenvalue weighted by Gasteiger charge is -2.32. The average molecular weight is 260 g/mol. The van der Waals surface area contributed by atoms with Gasteiger partial charge in [0.2, 0.25) is 0 Å². The van der Waals surface area contributed by atoms with E-state index in [2.05, 4.69) is 41.4 Å². The molecule has 2 aliphatic rings. The normalized spacial score (nSPS) is 20.4. The van der Waals surface area contributed by atoms with Crippen molar-refractivity contribution in [1.82, 2.24) is 5.32 Å². The Labute approximate surface area is 115 Å². The van der Waals surface area contributed by atoms with Gasteiger partial charge >= 0.3 is 0 Å². The summed E-state index contributed by atoms with van der Waals surface area (Å²) >= 11 is 0. The van der Waals surface area contributed by atoms with Crippen LogP contribution in [0.4, 0.5) is 5.69 Å². The van der Waals surface area contributed by atoms with Gasteiger partial charge in [0.25, 0.3) is 0 Å². The van der Waals surface area contributed by atoms with Crippen LogP contribution in [0.5, 0.6) is 5.75 Å². The number of hydrogen-bond donors (Lipinski definition) is 1. The quantitative estimate of drug-likeness (QED) is 0.881. The molecule has 1 aromatic carbocycles. The van der Waals surface area contributed by atoms with Gasteiger partial charge in [-0.1, -0.05) is 19.1 Å². The number of fused-ring (bicyclic) bond motifs is 1. The fraction of sp³-hybridized carbons (Fsp3) is 0.625. The standard InChI is InChI=1S/C16H24N2O/c1-2-14(12-17-13-8-9-13)18-10-5-11-19-16-7-4-3-6-15(16)18/h3-4,6-7,13-14,17H,2,5,8-12H2,1H3. The van der Waals surface area contributed by atoms with Crippen molar-refractivity contribution >= 4 is 5.69 Å². The Balaban J connectivity index is 1.76. The van der Waals surface area contributed by atoms with Crippen LogP contribution in [0.25, 0.3) is 0 Å². The van der Waals surface area contributed by atoms with Crippen LogP contribution in [0.3, 0.4) is 0 Å². The number of nitrogens with one attached hydrogen (secondary N) is 1. The molecule has 1 fully saturated rings. The first kappa shape index (κ1) is 12.8. The second-order valence-corrected chi connectivity index (χ2v) is 5.61. The van der Waals surface area contributed by atoms with Crippen LogP contribution in [-0.2, 0) is 0 Å². The van der Waals surface area contributed by atoms with Crippen molar-refractivity contribution in [3.05, 3.63) is 24.3 Å². The van der Waals surface area contributed by atoms with Crippen molar-refractivity contribution in [2.24, 2.45) is 0 Å². The lowest BCUT2D eigenvalue weighted by molar-refractivity contribution is 0.322. The van der Waals surface area contributed by atoms with Gasteiger partial charge in [0.15, 0.2) is 0 Å². The molecular formula is C16H24N2O. The maximum Gasteiger partial charge on any atom is 0.142 e. The molecule has 0 radical (unpaired) electrons. The third-order valence-corrected chi connectivity index (χ3v) is 4.11. The monoisotopic (exact) mass is 260 g/mol. The Kier molecular flexibility index (Phi) is 3.92. The van der Waals surface area contributed by atoms with E-state index >= 15 is 0 Å². The zero-order valence-electron chi connectivity index (χ0n) is 11.8. The van der Waals surface area contributed by atoms with E-state index in [-0.39, 0.29) is 0 Å². The number of anilines is 1. The minimum Gasteiger partial charge on any atom is -0.491 e. The zero-order valence-corrected chi connectivity index (χ0v) is 11.8. The summed E-state index contributed by atoms with van der Waals surface area (Å²) in [6, 6.07) is 9.82. The van der Waals surface area contributed by atoms with Crippen LogP contribution in [0, 0.1) is 0 Å². The van der Waals surface area contributed by atoms with Crippen LogP contribution in [0.15, 0.2) is 24.3 Å². The molecular weight excluding hydrogens is 236 g/mol. The number of nitrogens with zero attached hydrogens (tertiary/aromatic N) is 1. The molecule has 0 bridgehead atoms. The first-order valence-electron chi connectivity index (χ1n) is 7.60. The highest BCUT2D eigenvalue weighted by atomic mass is 16.5. The van der Waals surface area contributed by atoms with Gasteiger partial charge < -0.3 is 15.0 Å². The molecule has 0 spiro atoms. The highest BCUT2D eigenvalue weighted by molar-refractivity contribution is 5.59. The molecule has 0 amide bonds. The molecule has 3 heteroatoms. The third kappa shape index (κ3) is 3.03. The Morgan fingerprint density at radius 2 is 2.21 bits per heavy atom. The van der Waals surface area contributed by atoms with Crippen molar-refractivity contribution in [2.45, 2.75) is 44.7 Å². The van der Waals surface area contributed by atoms with Crippen LogP contribution >= 0.6 is 0 Å². The minimum absolute atomic E-state index is 0.573. The van der Waals surface area contributed by atoms with E-state index in [1.807, 2.05) is 0 Å². The lowest BCUT2D eigenvalue weighted by Crippen LogP contribution is -2.43. The van der Waals surface area contributed by atoms with Gasteiger partial charge in [-0.15, -0.1) is 0 Å². The van der Waals surface area contributed by atoms with E-state index < -0.39 is 0 Å². The number of hydrogen-bond acceptors (Lipinski definition) is 3. The summed E-state index contributed by atoms with van der Waals surface area (Å²) in [6.07, 6.45) is 4.99. The first-order valence-corrected chi connectivity index (χ1v) is 7.60. The molecule has 1 unspecified atom stereocenters. The Morgan fingerprint density at radius 1 is 1.37 bits per heavy atom. The van der Waals surface area contributed by atoms with Crippen molar-refractivity contribution in [3.63, 3.8) is 0 Å². The Morgan fingerprint density at radius 3 is 3.00 bits per heavy atom. The summed E-state index contributed by atoms with van der Waals surface area (Å²) in [5, 5.41) is 3.67.